The van der Waals surface area contributed by atoms with Gasteiger partial charge in [0.1, 0.15) is 0 Å². The van der Waals surface area contributed by atoms with Crippen LogP contribution >= 0.6 is 11.3 Å². The van der Waals surface area contributed by atoms with E-state index in [1.54, 1.807) is 0 Å². The van der Waals surface area contributed by atoms with Gasteiger partial charge < -0.3 is 0 Å². The van der Waals surface area contributed by atoms with E-state index in [1.807, 2.05) is 11.3 Å². The van der Waals surface area contributed by atoms with Crippen LogP contribution in [-0.4, -0.2) is 0 Å². The van der Waals surface area contributed by atoms with Gasteiger partial charge in [0, 0.05) is 15.0 Å². The molecule has 1 aliphatic carbocycles. The molecule has 1 aliphatic rings. The summed E-state index contributed by atoms with van der Waals surface area (Å²) in [4.78, 5) is 1.36. The molecule has 0 N–H and O–H groups in total. The number of thiophene rings is 1. The van der Waals surface area contributed by atoms with Crippen molar-refractivity contribution in [3.63, 3.8) is 0 Å². The fourth-order valence-corrected chi connectivity index (χ4v) is 5.86. The van der Waals surface area contributed by atoms with Gasteiger partial charge in [0.25, 0.3) is 0 Å². The maximum Gasteiger partial charge on any atom is 0.0362 e. The van der Waals surface area contributed by atoms with Crippen LogP contribution in [0.5, 0.6) is 0 Å². The summed E-state index contributed by atoms with van der Waals surface area (Å²) in [5, 5.41) is 4.18. The predicted molar refractivity (Wildman–Crippen MR) is 128 cm³/mol. The molecule has 0 fully saturated rings. The lowest BCUT2D eigenvalue weighted by molar-refractivity contribution is 0.795. The largest absolute Gasteiger partial charge is 0.135 e. The van der Waals surface area contributed by atoms with Gasteiger partial charge in [-0.1, -0.05) is 80.1 Å². The van der Waals surface area contributed by atoms with Crippen molar-refractivity contribution in [2.45, 2.75) is 26.2 Å². The maximum absolute atomic E-state index is 2.41. The van der Waals surface area contributed by atoms with E-state index < -0.39 is 0 Å². The number of rotatable bonds is 4. The maximum atomic E-state index is 2.41. The summed E-state index contributed by atoms with van der Waals surface area (Å²) >= 11 is 1.92. The van der Waals surface area contributed by atoms with Crippen molar-refractivity contribution in [1.29, 1.82) is 0 Å². The second-order valence-electron chi connectivity index (χ2n) is 8.02. The van der Waals surface area contributed by atoms with Gasteiger partial charge in [0.2, 0.25) is 0 Å². The van der Waals surface area contributed by atoms with Crippen molar-refractivity contribution in [3.8, 4) is 32.7 Å². The highest BCUT2D eigenvalue weighted by Gasteiger charge is 2.22. The second kappa shape index (κ2) is 6.57. The summed E-state index contributed by atoms with van der Waals surface area (Å²) in [6.45, 7) is 2.25. The standard InChI is InChI=1S/C28H22S/c1-2-3-7-18-12-14-19(15-13-18)26-16-24-23-11-6-10-22-20-8-4-5-9-21(20)25(28(22)23)17-27(24)29-26/h4-6,8-17H,2-3,7H2,1H3. The SMILES string of the molecule is CCCCc1ccc(-c2cc3c(cc4c5c(cccc53)-c3ccccc3-4)s2)cc1. The molecule has 5 aromatic rings. The summed E-state index contributed by atoms with van der Waals surface area (Å²) in [7, 11) is 0. The van der Waals surface area contributed by atoms with Crippen molar-refractivity contribution in [3.05, 3.63) is 84.4 Å². The van der Waals surface area contributed by atoms with Crippen molar-refractivity contribution < 1.29 is 0 Å². The molecular weight excluding hydrogens is 368 g/mol. The van der Waals surface area contributed by atoms with Gasteiger partial charge in [0.15, 0.2) is 0 Å². The molecule has 0 saturated heterocycles. The molecule has 0 bridgehead atoms. The molecule has 140 valence electrons. The molecule has 1 aromatic heterocycles. The van der Waals surface area contributed by atoms with Gasteiger partial charge in [0.05, 0.1) is 0 Å². The highest BCUT2D eigenvalue weighted by molar-refractivity contribution is 7.22. The number of unbranched alkanes of at least 4 members (excludes halogenated alkanes) is 1. The van der Waals surface area contributed by atoms with Crippen LogP contribution in [-0.2, 0) is 6.42 Å². The Hall–Kier alpha value is -2.90. The molecule has 0 aliphatic heterocycles. The quantitative estimate of drug-likeness (QED) is 0.282. The fraction of sp³-hybridized carbons (Fsp3) is 0.143. The zero-order chi connectivity index (χ0) is 19.4. The molecule has 0 amide bonds. The molecule has 0 radical (unpaired) electrons. The summed E-state index contributed by atoms with van der Waals surface area (Å²) in [6.07, 6.45) is 3.69. The van der Waals surface area contributed by atoms with Crippen molar-refractivity contribution in [2.24, 2.45) is 0 Å². The van der Waals surface area contributed by atoms with E-state index in [-0.39, 0.29) is 0 Å². The van der Waals surface area contributed by atoms with Crippen LogP contribution in [0.25, 0.3) is 53.6 Å². The van der Waals surface area contributed by atoms with Crippen LogP contribution in [0.1, 0.15) is 25.3 Å². The molecule has 29 heavy (non-hydrogen) atoms. The fourth-order valence-electron chi connectivity index (χ4n) is 4.74. The van der Waals surface area contributed by atoms with Crippen molar-refractivity contribution >= 4 is 32.2 Å². The van der Waals surface area contributed by atoms with Crippen LogP contribution in [0.2, 0.25) is 0 Å². The van der Waals surface area contributed by atoms with Gasteiger partial charge >= 0.3 is 0 Å². The first-order valence-electron chi connectivity index (χ1n) is 10.5. The lowest BCUT2D eigenvalue weighted by Gasteiger charge is -2.03. The minimum absolute atomic E-state index is 1.18. The third-order valence-corrected chi connectivity index (χ3v) is 7.36. The molecule has 0 saturated carbocycles. The van der Waals surface area contributed by atoms with E-state index in [0.717, 1.165) is 0 Å². The lowest BCUT2D eigenvalue weighted by atomic mass is 9.99. The Morgan fingerprint density at radius 3 is 2.24 bits per heavy atom. The topological polar surface area (TPSA) is 0 Å². The van der Waals surface area contributed by atoms with Gasteiger partial charge in [-0.15, -0.1) is 11.3 Å². The van der Waals surface area contributed by atoms with Crippen molar-refractivity contribution in [2.75, 3.05) is 0 Å². The van der Waals surface area contributed by atoms with Crippen molar-refractivity contribution in [1.82, 2.24) is 0 Å². The summed E-state index contributed by atoms with van der Waals surface area (Å²) in [5.41, 5.74) is 8.28. The minimum atomic E-state index is 1.18. The Kier molecular flexibility index (Phi) is 3.85. The highest BCUT2D eigenvalue weighted by atomic mass is 32.1. The molecule has 0 nitrogen and oxygen atoms in total. The third kappa shape index (κ3) is 2.58. The number of hydrogen-bond donors (Lipinski definition) is 0. The molecule has 0 atom stereocenters. The summed E-state index contributed by atoms with van der Waals surface area (Å²) in [5.74, 6) is 0. The predicted octanol–water partition coefficient (Wildman–Crippen LogP) is 8.71. The van der Waals surface area contributed by atoms with Crippen LogP contribution in [0.15, 0.2) is 78.9 Å². The first-order valence-corrected chi connectivity index (χ1v) is 11.3. The Bertz CT molecular complexity index is 1370. The normalized spacial score (nSPS) is 12.0. The van der Waals surface area contributed by atoms with Gasteiger partial charge in [-0.2, -0.15) is 0 Å². The van der Waals surface area contributed by atoms with E-state index in [0.29, 0.717) is 0 Å². The zero-order valence-corrected chi connectivity index (χ0v) is 17.4. The van der Waals surface area contributed by atoms with Gasteiger partial charge in [-0.3, -0.25) is 0 Å². The van der Waals surface area contributed by atoms with Gasteiger partial charge in [-0.25, -0.2) is 0 Å². The Morgan fingerprint density at radius 1 is 0.690 bits per heavy atom. The second-order valence-corrected chi connectivity index (χ2v) is 9.10. The van der Waals surface area contributed by atoms with E-state index in [1.165, 1.54) is 78.4 Å². The summed E-state index contributed by atoms with van der Waals surface area (Å²) < 4.78 is 1.38. The molecular formula is C28H22S. The van der Waals surface area contributed by atoms with Crippen LogP contribution in [0, 0.1) is 0 Å². The van der Waals surface area contributed by atoms with Gasteiger partial charge in [-0.05, 0) is 69.1 Å². The van der Waals surface area contributed by atoms with E-state index in [2.05, 4.69) is 85.8 Å². The van der Waals surface area contributed by atoms with E-state index >= 15 is 0 Å². The van der Waals surface area contributed by atoms with Crippen LogP contribution in [0.3, 0.4) is 0 Å². The Balaban J connectivity index is 1.52. The number of fused-ring (bicyclic) bond motifs is 5. The van der Waals surface area contributed by atoms with E-state index in [4.69, 9.17) is 0 Å². The molecule has 6 rings (SSSR count). The molecule has 0 spiro atoms. The summed E-state index contributed by atoms with van der Waals surface area (Å²) in [6, 6.07) is 29.6. The monoisotopic (exact) mass is 390 g/mol. The van der Waals surface area contributed by atoms with Crippen LogP contribution < -0.4 is 0 Å². The minimum Gasteiger partial charge on any atom is -0.135 e. The molecule has 1 heterocycles. The van der Waals surface area contributed by atoms with E-state index in [9.17, 15) is 0 Å². The average molecular weight is 391 g/mol. The highest BCUT2D eigenvalue weighted by Crippen LogP contribution is 2.50. The zero-order valence-electron chi connectivity index (χ0n) is 16.5. The Morgan fingerprint density at radius 2 is 1.45 bits per heavy atom. The molecule has 4 aromatic carbocycles. The lowest BCUT2D eigenvalue weighted by Crippen LogP contribution is -1.83. The molecule has 0 unspecified atom stereocenters. The number of benzene rings is 4. The Labute approximate surface area is 175 Å². The smallest absolute Gasteiger partial charge is 0.0362 e. The third-order valence-electron chi connectivity index (χ3n) is 6.23. The molecule has 1 heteroatoms. The average Bonchev–Trinajstić information content (AvgIpc) is 3.34. The number of aryl methyl sites for hydroxylation is 1. The van der Waals surface area contributed by atoms with Crippen LogP contribution in [0.4, 0.5) is 0 Å². The number of hydrogen-bond acceptors (Lipinski definition) is 1. The first kappa shape index (κ1) is 17.0. The first-order chi connectivity index (χ1) is 14.3.